The molecule has 0 saturated carbocycles. The molecule has 0 spiro atoms. The second-order valence-corrected chi connectivity index (χ2v) is 3.88. The Bertz CT molecular complexity index is 381. The first-order chi connectivity index (χ1) is 8.11. The van der Waals surface area contributed by atoms with E-state index in [1.807, 2.05) is 13.8 Å². The van der Waals surface area contributed by atoms with E-state index in [0.29, 0.717) is 13.2 Å². The predicted molar refractivity (Wildman–Crippen MR) is 64.4 cm³/mol. The van der Waals surface area contributed by atoms with Crippen LogP contribution in [0.3, 0.4) is 0 Å². The molecule has 1 aromatic carbocycles. The van der Waals surface area contributed by atoms with Crippen molar-refractivity contribution >= 4 is 5.91 Å². The van der Waals surface area contributed by atoms with Crippen molar-refractivity contribution in [1.29, 1.82) is 0 Å². The number of methoxy groups -OCH3 is 1. The van der Waals surface area contributed by atoms with Gasteiger partial charge in [0, 0.05) is 13.7 Å². The molecule has 0 bridgehead atoms. The van der Waals surface area contributed by atoms with Gasteiger partial charge in [0.2, 0.25) is 0 Å². The highest BCUT2D eigenvalue weighted by molar-refractivity contribution is 5.94. The summed E-state index contributed by atoms with van der Waals surface area (Å²) in [5.41, 5.74) is 0.109. The fraction of sp³-hybridized carbons (Fsp3) is 0.462. The standard InChI is InChI=1S/C13H18FNO2/c1-4-15(10(2)9-17-3)13(16)11-7-5-6-8-12(11)14/h5-8,10H,4,9H2,1-3H3. The molecule has 0 saturated heterocycles. The minimum atomic E-state index is -0.486. The van der Waals surface area contributed by atoms with E-state index in [1.165, 1.54) is 12.1 Å². The van der Waals surface area contributed by atoms with Crippen molar-refractivity contribution in [3.05, 3.63) is 35.6 Å². The van der Waals surface area contributed by atoms with Crippen LogP contribution >= 0.6 is 0 Å². The third kappa shape index (κ3) is 3.27. The Morgan fingerprint density at radius 3 is 2.65 bits per heavy atom. The van der Waals surface area contributed by atoms with Crippen LogP contribution in [0.4, 0.5) is 4.39 Å². The Morgan fingerprint density at radius 1 is 1.47 bits per heavy atom. The van der Waals surface area contributed by atoms with Crippen molar-refractivity contribution in [2.75, 3.05) is 20.3 Å². The quantitative estimate of drug-likeness (QED) is 0.789. The number of hydrogen-bond donors (Lipinski definition) is 0. The molecule has 3 nitrogen and oxygen atoms in total. The first kappa shape index (κ1) is 13.6. The molecule has 17 heavy (non-hydrogen) atoms. The van der Waals surface area contributed by atoms with E-state index < -0.39 is 5.82 Å². The third-order valence-electron chi connectivity index (χ3n) is 2.65. The van der Waals surface area contributed by atoms with E-state index in [0.717, 1.165) is 0 Å². The molecule has 1 aromatic rings. The summed E-state index contributed by atoms with van der Waals surface area (Å²) >= 11 is 0. The zero-order valence-corrected chi connectivity index (χ0v) is 10.4. The summed E-state index contributed by atoms with van der Waals surface area (Å²) in [5.74, 6) is -0.782. The van der Waals surface area contributed by atoms with Gasteiger partial charge in [-0.15, -0.1) is 0 Å². The van der Waals surface area contributed by atoms with Crippen molar-refractivity contribution in [1.82, 2.24) is 4.90 Å². The van der Waals surface area contributed by atoms with Gasteiger partial charge in [-0.3, -0.25) is 4.79 Å². The number of nitrogens with zero attached hydrogens (tertiary/aromatic N) is 1. The summed E-state index contributed by atoms with van der Waals surface area (Å²) in [6.45, 7) is 4.71. The summed E-state index contributed by atoms with van der Waals surface area (Å²) in [6.07, 6.45) is 0. The topological polar surface area (TPSA) is 29.5 Å². The first-order valence-corrected chi connectivity index (χ1v) is 5.66. The highest BCUT2D eigenvalue weighted by Gasteiger charge is 2.21. The van der Waals surface area contributed by atoms with Crippen LogP contribution in [0.2, 0.25) is 0 Å². The Morgan fingerprint density at radius 2 is 2.12 bits per heavy atom. The monoisotopic (exact) mass is 239 g/mol. The van der Waals surface area contributed by atoms with Crippen LogP contribution in [-0.4, -0.2) is 37.1 Å². The largest absolute Gasteiger partial charge is 0.383 e. The van der Waals surface area contributed by atoms with Gasteiger partial charge in [-0.1, -0.05) is 12.1 Å². The van der Waals surface area contributed by atoms with Crippen molar-refractivity contribution in [3.63, 3.8) is 0 Å². The summed E-state index contributed by atoms with van der Waals surface area (Å²) < 4.78 is 18.5. The Hall–Kier alpha value is -1.42. The number of likely N-dealkylation sites (N-methyl/N-ethyl adjacent to an activating group) is 1. The number of ether oxygens (including phenoxy) is 1. The minimum Gasteiger partial charge on any atom is -0.383 e. The second kappa shape index (κ2) is 6.35. The molecule has 0 aromatic heterocycles. The molecule has 0 aliphatic rings. The van der Waals surface area contributed by atoms with Crippen molar-refractivity contribution in [3.8, 4) is 0 Å². The summed E-state index contributed by atoms with van der Waals surface area (Å²) in [5, 5.41) is 0. The molecule has 0 radical (unpaired) electrons. The average Bonchev–Trinajstić information content (AvgIpc) is 2.30. The predicted octanol–water partition coefficient (Wildman–Crippen LogP) is 2.32. The zero-order valence-electron chi connectivity index (χ0n) is 10.4. The van der Waals surface area contributed by atoms with Crippen molar-refractivity contribution < 1.29 is 13.9 Å². The molecule has 94 valence electrons. The maximum Gasteiger partial charge on any atom is 0.257 e. The van der Waals surface area contributed by atoms with Crippen molar-refractivity contribution in [2.24, 2.45) is 0 Å². The molecule has 0 aliphatic carbocycles. The lowest BCUT2D eigenvalue weighted by Gasteiger charge is -2.27. The van der Waals surface area contributed by atoms with E-state index in [-0.39, 0.29) is 17.5 Å². The molecule has 4 heteroatoms. The molecule has 0 aliphatic heterocycles. The summed E-state index contributed by atoms with van der Waals surface area (Å²) in [4.78, 5) is 13.7. The Balaban J connectivity index is 2.90. The smallest absolute Gasteiger partial charge is 0.257 e. The van der Waals surface area contributed by atoms with Crippen molar-refractivity contribution in [2.45, 2.75) is 19.9 Å². The minimum absolute atomic E-state index is 0.0721. The zero-order chi connectivity index (χ0) is 12.8. The maximum atomic E-state index is 13.5. The van der Waals surface area contributed by atoms with E-state index in [2.05, 4.69) is 0 Å². The maximum absolute atomic E-state index is 13.5. The summed E-state index contributed by atoms with van der Waals surface area (Å²) in [6, 6.07) is 5.95. The lowest BCUT2D eigenvalue weighted by Crippen LogP contribution is -2.41. The molecule has 1 unspecified atom stereocenters. The Labute approximate surface area is 101 Å². The molecular formula is C13H18FNO2. The fourth-order valence-corrected chi connectivity index (χ4v) is 1.78. The van der Waals surface area contributed by atoms with Gasteiger partial charge in [0.15, 0.2) is 0 Å². The van der Waals surface area contributed by atoms with Crippen LogP contribution in [0.5, 0.6) is 0 Å². The normalized spacial score (nSPS) is 12.2. The van der Waals surface area contributed by atoms with Crippen LogP contribution in [0, 0.1) is 5.82 Å². The van der Waals surface area contributed by atoms with Crippen LogP contribution in [0.15, 0.2) is 24.3 Å². The van der Waals surface area contributed by atoms with E-state index >= 15 is 0 Å². The van der Waals surface area contributed by atoms with Gasteiger partial charge in [-0.25, -0.2) is 4.39 Å². The number of carbonyl (C=O) groups excluding carboxylic acids is 1. The fourth-order valence-electron chi connectivity index (χ4n) is 1.78. The number of benzene rings is 1. The SMILES string of the molecule is CCN(C(=O)c1ccccc1F)C(C)COC. The third-order valence-corrected chi connectivity index (χ3v) is 2.65. The molecule has 0 N–H and O–H groups in total. The van der Waals surface area contributed by atoms with E-state index in [9.17, 15) is 9.18 Å². The number of amides is 1. The number of rotatable bonds is 5. The van der Waals surface area contributed by atoms with Gasteiger partial charge >= 0.3 is 0 Å². The molecule has 1 rings (SSSR count). The van der Waals surface area contributed by atoms with E-state index in [1.54, 1.807) is 24.1 Å². The van der Waals surface area contributed by atoms with Crippen LogP contribution < -0.4 is 0 Å². The highest BCUT2D eigenvalue weighted by atomic mass is 19.1. The second-order valence-electron chi connectivity index (χ2n) is 3.88. The average molecular weight is 239 g/mol. The van der Waals surface area contributed by atoms with Gasteiger partial charge in [-0.05, 0) is 26.0 Å². The number of carbonyl (C=O) groups is 1. The van der Waals surface area contributed by atoms with Crippen LogP contribution in [-0.2, 0) is 4.74 Å². The van der Waals surface area contributed by atoms with Gasteiger partial charge in [0.05, 0.1) is 18.2 Å². The Kier molecular flexibility index (Phi) is 5.10. The number of halogens is 1. The van der Waals surface area contributed by atoms with Gasteiger partial charge < -0.3 is 9.64 Å². The molecule has 0 heterocycles. The first-order valence-electron chi connectivity index (χ1n) is 5.66. The highest BCUT2D eigenvalue weighted by Crippen LogP contribution is 2.12. The molecule has 1 amide bonds. The number of hydrogen-bond acceptors (Lipinski definition) is 2. The molecule has 1 atom stereocenters. The van der Waals surface area contributed by atoms with Crippen LogP contribution in [0.25, 0.3) is 0 Å². The van der Waals surface area contributed by atoms with Crippen LogP contribution in [0.1, 0.15) is 24.2 Å². The molecular weight excluding hydrogens is 221 g/mol. The lowest BCUT2D eigenvalue weighted by atomic mass is 10.1. The van der Waals surface area contributed by atoms with Gasteiger partial charge in [0.25, 0.3) is 5.91 Å². The molecule has 0 fully saturated rings. The van der Waals surface area contributed by atoms with Gasteiger partial charge in [-0.2, -0.15) is 0 Å². The van der Waals surface area contributed by atoms with Gasteiger partial charge in [0.1, 0.15) is 5.82 Å². The van der Waals surface area contributed by atoms with E-state index in [4.69, 9.17) is 4.74 Å². The summed E-state index contributed by atoms with van der Waals surface area (Å²) in [7, 11) is 1.58. The lowest BCUT2D eigenvalue weighted by molar-refractivity contribution is 0.0575.